The molecule has 0 amide bonds. The van der Waals surface area contributed by atoms with Crippen LogP contribution in [0.25, 0.3) is 56.2 Å². The maximum absolute atomic E-state index is 13.5. The summed E-state index contributed by atoms with van der Waals surface area (Å²) >= 11 is 0. The van der Waals surface area contributed by atoms with Crippen LogP contribution < -0.4 is 4.74 Å². The number of rotatable bonds is 10. The molecule has 58 heavy (non-hydrogen) atoms. The fourth-order valence-corrected chi connectivity index (χ4v) is 9.79. The molecule has 1 spiro atoms. The molecule has 6 aromatic rings. The van der Waals surface area contributed by atoms with Gasteiger partial charge in [-0.05, 0) is 123 Å². The van der Waals surface area contributed by atoms with Crippen molar-refractivity contribution in [3.8, 4) is 45.9 Å². The maximum Gasteiger partial charge on any atom is 0.387 e. The van der Waals surface area contributed by atoms with Crippen molar-refractivity contribution < 1.29 is 32.3 Å². The quantitative estimate of drug-likeness (QED) is 0.143. The molecule has 1 atom stereocenters. The minimum atomic E-state index is -3.07. The number of fused-ring (bicyclic) bond motifs is 2. The average molecular weight is 786 g/mol. The normalized spacial score (nSPS) is 18.5. The fraction of sp³-hybridized carbons (Fsp3) is 0.391. The molecule has 9 rings (SSSR count). The van der Waals surface area contributed by atoms with Crippen LogP contribution in [0.5, 0.6) is 5.75 Å². The molecule has 1 saturated carbocycles. The third kappa shape index (κ3) is 7.11. The second-order valence-corrected chi connectivity index (χ2v) is 16.4. The second-order valence-electron chi connectivity index (χ2n) is 16.4. The highest BCUT2D eigenvalue weighted by Gasteiger charge is 2.38. The van der Waals surface area contributed by atoms with Crippen LogP contribution in [0.2, 0.25) is 0 Å². The van der Waals surface area contributed by atoms with Crippen molar-refractivity contribution in [2.75, 3.05) is 19.6 Å². The van der Waals surface area contributed by atoms with E-state index < -0.39 is 18.6 Å². The summed E-state index contributed by atoms with van der Waals surface area (Å²) in [7, 11) is 0. The topological polar surface area (TPSA) is 129 Å². The number of carboxylic acids is 1. The number of aromatic nitrogens is 2. The number of oxazole rings is 2. The molecular formula is C46H45F2N5O5. The van der Waals surface area contributed by atoms with E-state index in [1.165, 1.54) is 44.6 Å². The van der Waals surface area contributed by atoms with E-state index in [1.807, 2.05) is 56.3 Å². The third-order valence-electron chi connectivity index (χ3n) is 12.7. The number of hydrogen-bond donors (Lipinski definition) is 1. The Kier molecular flexibility index (Phi) is 9.98. The highest BCUT2D eigenvalue weighted by molar-refractivity contribution is 5.86. The van der Waals surface area contributed by atoms with Gasteiger partial charge in [-0.25, -0.2) is 9.97 Å². The van der Waals surface area contributed by atoms with Crippen LogP contribution in [-0.2, 0) is 17.9 Å². The van der Waals surface area contributed by atoms with Crippen LogP contribution in [-0.4, -0.2) is 63.1 Å². The number of hydrogen-bond acceptors (Lipinski definition) is 9. The van der Waals surface area contributed by atoms with Crippen LogP contribution in [0.15, 0.2) is 69.5 Å². The molecular weight excluding hydrogens is 741 g/mol. The van der Waals surface area contributed by atoms with Crippen molar-refractivity contribution in [2.24, 2.45) is 5.41 Å². The van der Waals surface area contributed by atoms with Crippen LogP contribution in [0, 0.1) is 30.6 Å². The zero-order chi connectivity index (χ0) is 40.1. The Balaban J connectivity index is 1.01. The van der Waals surface area contributed by atoms with Crippen LogP contribution >= 0.6 is 0 Å². The summed E-state index contributed by atoms with van der Waals surface area (Å²) in [5.41, 5.74) is 9.56. The Bertz CT molecular complexity index is 2590. The van der Waals surface area contributed by atoms with E-state index >= 15 is 0 Å². The summed E-state index contributed by atoms with van der Waals surface area (Å²) in [6, 6.07) is 20.5. The Morgan fingerprint density at radius 1 is 0.897 bits per heavy atom. The highest BCUT2D eigenvalue weighted by Crippen LogP contribution is 2.44. The van der Waals surface area contributed by atoms with Crippen LogP contribution in [0.1, 0.15) is 79.2 Å². The number of likely N-dealkylation sites (tertiary alicyclic amines) is 2. The van der Waals surface area contributed by atoms with Crippen molar-refractivity contribution in [3.05, 3.63) is 88.5 Å². The van der Waals surface area contributed by atoms with Crippen molar-refractivity contribution in [3.63, 3.8) is 0 Å². The van der Waals surface area contributed by atoms with Crippen molar-refractivity contribution >= 4 is 28.2 Å². The Labute approximate surface area is 335 Å². The number of nitriles is 1. The number of carbonyl (C=O) groups is 1. The van der Waals surface area contributed by atoms with E-state index in [-0.39, 0.29) is 17.9 Å². The monoisotopic (exact) mass is 785 g/mol. The molecule has 298 valence electrons. The predicted molar refractivity (Wildman–Crippen MR) is 215 cm³/mol. The smallest absolute Gasteiger partial charge is 0.387 e. The maximum atomic E-state index is 13.5. The molecule has 2 aliphatic heterocycles. The van der Waals surface area contributed by atoms with Gasteiger partial charge >= 0.3 is 12.6 Å². The van der Waals surface area contributed by atoms with Gasteiger partial charge in [0.1, 0.15) is 28.9 Å². The number of aliphatic carboxylic acids is 1. The van der Waals surface area contributed by atoms with Gasteiger partial charge in [-0.3, -0.25) is 14.6 Å². The van der Waals surface area contributed by atoms with E-state index in [1.54, 1.807) is 11.0 Å². The van der Waals surface area contributed by atoms with E-state index in [0.717, 1.165) is 58.6 Å². The molecule has 3 aliphatic rings. The number of nitrogens with zero attached hydrogens (tertiary/aromatic N) is 5. The molecule has 0 bridgehead atoms. The van der Waals surface area contributed by atoms with Gasteiger partial charge in [-0.2, -0.15) is 14.0 Å². The molecule has 4 heterocycles. The molecule has 0 radical (unpaired) electrons. The zero-order valence-corrected chi connectivity index (χ0v) is 32.7. The zero-order valence-electron chi connectivity index (χ0n) is 32.7. The number of benzene rings is 4. The van der Waals surface area contributed by atoms with Gasteiger partial charge in [0, 0.05) is 42.4 Å². The first kappa shape index (κ1) is 37.9. The summed E-state index contributed by atoms with van der Waals surface area (Å²) in [5, 5.41) is 19.9. The molecule has 10 nitrogen and oxygen atoms in total. The first-order valence-corrected chi connectivity index (χ1v) is 20.2. The average Bonchev–Trinajstić information content (AvgIpc) is 4.02. The van der Waals surface area contributed by atoms with Gasteiger partial charge in [0.2, 0.25) is 11.8 Å². The van der Waals surface area contributed by atoms with E-state index in [4.69, 9.17) is 23.5 Å². The number of alkyl halides is 2. The minimum Gasteiger partial charge on any atom is -0.480 e. The van der Waals surface area contributed by atoms with Gasteiger partial charge in [0.15, 0.2) is 11.2 Å². The third-order valence-corrected chi connectivity index (χ3v) is 12.7. The molecule has 0 unspecified atom stereocenters. The van der Waals surface area contributed by atoms with Gasteiger partial charge < -0.3 is 18.7 Å². The summed E-state index contributed by atoms with van der Waals surface area (Å²) in [6.07, 6.45) is 9.08. The van der Waals surface area contributed by atoms with E-state index in [2.05, 4.69) is 17.0 Å². The van der Waals surface area contributed by atoms with Gasteiger partial charge in [-0.15, -0.1) is 0 Å². The summed E-state index contributed by atoms with van der Waals surface area (Å²) in [5.74, 6) is -0.255. The number of carboxylic acid groups (broad SMARTS) is 1. The lowest BCUT2D eigenvalue weighted by Gasteiger charge is -2.33. The molecule has 1 aliphatic carbocycles. The van der Waals surface area contributed by atoms with Gasteiger partial charge in [0.25, 0.3) is 0 Å². The summed E-state index contributed by atoms with van der Waals surface area (Å²) in [4.78, 5) is 25.8. The summed E-state index contributed by atoms with van der Waals surface area (Å²) in [6.45, 7) is 4.58. The highest BCUT2D eigenvalue weighted by atomic mass is 19.3. The second kappa shape index (κ2) is 15.3. The lowest BCUT2D eigenvalue weighted by atomic mass is 9.73. The molecule has 2 saturated heterocycles. The van der Waals surface area contributed by atoms with Crippen molar-refractivity contribution in [1.82, 2.24) is 19.8 Å². The Hall–Kier alpha value is -5.64. The lowest BCUT2D eigenvalue weighted by Crippen LogP contribution is -2.35. The van der Waals surface area contributed by atoms with E-state index in [9.17, 15) is 23.9 Å². The summed E-state index contributed by atoms with van der Waals surface area (Å²) < 4.78 is 44.5. The Morgan fingerprint density at radius 2 is 1.59 bits per heavy atom. The fourth-order valence-electron chi connectivity index (χ4n) is 9.79. The largest absolute Gasteiger partial charge is 0.480 e. The van der Waals surface area contributed by atoms with E-state index in [0.29, 0.717) is 64.3 Å². The SMILES string of the molecule is Cc1c(-c2nc3cc(CN4CCC[C@H]4C(=O)O)c(OC(F)F)cc3o2)cccc1-c1cccc(-c2nc3cc(CN4CCC5(CCCCC5)C4)cc(C#N)c3o2)c1C. The molecule has 12 heteroatoms. The lowest BCUT2D eigenvalue weighted by molar-refractivity contribution is -0.142. The van der Waals surface area contributed by atoms with Crippen LogP contribution in [0.4, 0.5) is 8.78 Å². The first-order chi connectivity index (χ1) is 28.1. The minimum absolute atomic E-state index is 0.0735. The van der Waals surface area contributed by atoms with Gasteiger partial charge in [-0.1, -0.05) is 43.5 Å². The predicted octanol–water partition coefficient (Wildman–Crippen LogP) is 10.3. The number of halogens is 2. The van der Waals surface area contributed by atoms with Crippen LogP contribution in [0.3, 0.4) is 0 Å². The molecule has 3 fully saturated rings. The first-order valence-electron chi connectivity index (χ1n) is 20.2. The Morgan fingerprint density at radius 3 is 2.28 bits per heavy atom. The standard InChI is InChI=1S/C46H45F2N5O5/c1-27-32(9-6-11-34(27)42-50-36-21-31(25-53-17-8-13-38(53)44(54)55)39(57-45(47)48)22-40(36)56-42)33-10-7-12-35(28(33)2)43-51-37-20-29(19-30(23-49)41(37)58-43)24-52-18-16-46(26-52)14-4-3-5-15-46/h6-7,9-12,19-22,38,45H,3-5,8,13-18,24-26H2,1-2H3,(H,54,55)/t38-/m0/s1. The molecule has 4 aromatic carbocycles. The van der Waals surface area contributed by atoms with Crippen molar-refractivity contribution in [1.29, 1.82) is 5.26 Å². The van der Waals surface area contributed by atoms with Crippen molar-refractivity contribution in [2.45, 2.75) is 91.0 Å². The number of ether oxygens (including phenoxy) is 1. The molecule has 1 N–H and O–H groups in total. The molecule has 2 aromatic heterocycles. The van der Waals surface area contributed by atoms with Gasteiger partial charge in [0.05, 0.1) is 5.56 Å².